The summed E-state index contributed by atoms with van der Waals surface area (Å²) in [5.74, 6) is 0. The molecular formula is C67H46BN3O. The van der Waals surface area contributed by atoms with Gasteiger partial charge in [0.1, 0.15) is 11.2 Å². The normalized spacial score (nSPS) is 12.4. The zero-order valence-electron chi connectivity index (χ0n) is 39.7. The molecule has 0 radical (unpaired) electrons. The summed E-state index contributed by atoms with van der Waals surface area (Å²) in [5, 5.41) is 2.19. The second kappa shape index (κ2) is 17.0. The summed E-state index contributed by atoms with van der Waals surface area (Å²) in [6, 6.07) is 94.8. The number of hydrogen-bond donors (Lipinski definition) is 0. The zero-order valence-corrected chi connectivity index (χ0v) is 39.7. The van der Waals surface area contributed by atoms with Crippen LogP contribution < -0.4 is 25.5 Å². The summed E-state index contributed by atoms with van der Waals surface area (Å²) >= 11 is 0. The molecular weight excluding hydrogens is 874 g/mol. The Morgan fingerprint density at radius 3 is 1.57 bits per heavy atom. The van der Waals surface area contributed by atoms with Gasteiger partial charge < -0.3 is 19.0 Å². The maximum Gasteiger partial charge on any atom is 0.333 e. The molecule has 5 heteroatoms. The van der Waals surface area contributed by atoms with Crippen molar-refractivity contribution in [3.8, 4) is 44.5 Å². The molecule has 0 aliphatic carbocycles. The molecule has 14 rings (SSSR count). The second-order valence-corrected chi connectivity index (χ2v) is 18.9. The lowest BCUT2D eigenvalue weighted by atomic mass is 9.43. The van der Waals surface area contributed by atoms with Crippen molar-refractivity contribution in [2.75, 3.05) is 14.6 Å². The van der Waals surface area contributed by atoms with Crippen molar-refractivity contribution in [2.45, 2.75) is 6.92 Å². The molecule has 0 spiro atoms. The van der Waals surface area contributed by atoms with Crippen LogP contribution in [0.15, 0.2) is 265 Å². The molecule has 0 N–H and O–H groups in total. The lowest BCUT2D eigenvalue weighted by molar-refractivity contribution is 0.669. The van der Waals surface area contributed by atoms with Crippen LogP contribution in [-0.2, 0) is 0 Å². The lowest BCUT2D eigenvalue weighted by Gasteiger charge is -2.46. The highest BCUT2D eigenvalue weighted by atomic mass is 16.3. The average Bonchev–Trinajstić information content (AvgIpc) is 3.84. The molecule has 0 atom stereocenters. The molecule has 338 valence electrons. The van der Waals surface area contributed by atoms with E-state index in [0.29, 0.717) is 0 Å². The van der Waals surface area contributed by atoms with Gasteiger partial charge in [0.25, 0.3) is 0 Å². The summed E-state index contributed by atoms with van der Waals surface area (Å²) in [5.41, 5.74) is 23.6. The first kappa shape index (κ1) is 41.6. The maximum absolute atomic E-state index is 7.01. The minimum Gasteiger partial charge on any atom is -0.456 e. The Bertz CT molecular complexity index is 3970. The van der Waals surface area contributed by atoms with Gasteiger partial charge in [-0.2, -0.15) is 0 Å². The van der Waals surface area contributed by atoms with Crippen LogP contribution in [0.2, 0.25) is 0 Å². The minimum atomic E-state index is -0.266. The molecule has 3 heterocycles. The Morgan fingerprint density at radius 1 is 0.389 bits per heavy atom. The molecule has 72 heavy (non-hydrogen) atoms. The van der Waals surface area contributed by atoms with Gasteiger partial charge in [-0.3, -0.25) is 0 Å². The van der Waals surface area contributed by atoms with E-state index in [1.54, 1.807) is 0 Å². The van der Waals surface area contributed by atoms with Crippen molar-refractivity contribution < 1.29 is 4.42 Å². The molecule has 1 aromatic heterocycles. The molecule has 0 fully saturated rings. The number of benzene rings is 11. The predicted octanol–water partition coefficient (Wildman–Crippen LogP) is 17.1. The van der Waals surface area contributed by atoms with E-state index >= 15 is 0 Å². The first-order chi connectivity index (χ1) is 35.6. The minimum absolute atomic E-state index is 0.266. The van der Waals surface area contributed by atoms with Gasteiger partial charge >= 0.3 is 6.85 Å². The van der Waals surface area contributed by atoms with Crippen molar-refractivity contribution in [3.05, 3.63) is 266 Å². The van der Waals surface area contributed by atoms with Gasteiger partial charge in [-0.15, -0.1) is 0 Å². The molecule has 0 amide bonds. The third-order valence-electron chi connectivity index (χ3n) is 14.7. The van der Waals surface area contributed by atoms with Crippen LogP contribution in [0.4, 0.5) is 45.5 Å². The van der Waals surface area contributed by atoms with Gasteiger partial charge in [0.05, 0.1) is 11.1 Å². The SMILES string of the molecule is Cc1cc(-c2ccccc2)ccc1N1c2ccc(N(c3ccccc3)c3ccccc3)cc2B2c3c(cc4oc5ccccc5c4c31)-c1cc(-c3ccccc3)ccc1N2c1cccc(-c2ccccc2)c1. The monoisotopic (exact) mass is 919 g/mol. The molecule has 12 aromatic rings. The van der Waals surface area contributed by atoms with Crippen molar-refractivity contribution in [2.24, 2.45) is 0 Å². The van der Waals surface area contributed by atoms with Crippen LogP contribution in [0.25, 0.3) is 66.4 Å². The van der Waals surface area contributed by atoms with Crippen LogP contribution in [-0.4, -0.2) is 6.85 Å². The van der Waals surface area contributed by atoms with Gasteiger partial charge in [-0.05, 0) is 153 Å². The molecule has 0 unspecified atom stereocenters. The van der Waals surface area contributed by atoms with Gasteiger partial charge in [-0.1, -0.05) is 170 Å². The smallest absolute Gasteiger partial charge is 0.333 e. The quantitative estimate of drug-likeness (QED) is 0.142. The summed E-state index contributed by atoms with van der Waals surface area (Å²) in [6.07, 6.45) is 0. The van der Waals surface area contributed by atoms with E-state index in [2.05, 4.69) is 282 Å². The Morgan fingerprint density at radius 2 is 0.931 bits per heavy atom. The highest BCUT2D eigenvalue weighted by Crippen LogP contribution is 2.53. The Kier molecular flexibility index (Phi) is 9.82. The third kappa shape index (κ3) is 6.77. The number of anilines is 8. The summed E-state index contributed by atoms with van der Waals surface area (Å²) in [7, 11) is 0. The first-order valence-electron chi connectivity index (χ1n) is 24.8. The summed E-state index contributed by atoms with van der Waals surface area (Å²) in [6.45, 7) is 2.00. The molecule has 0 bridgehead atoms. The standard InChI is InChI=1S/C67H46BN3O/c1-45-40-50(47-22-9-3-10-23-47)34-37-60(45)70-62-39-36-54(69(52-27-13-5-14-28-52)53-29-15-6-16-30-53)43-59(62)68-66-58(44-64-65(67(66)70)56-32-17-18-33-63(56)72-64)57-42-51(48-24-11-4-12-25-48)35-38-61(57)71(68)55-31-19-26-49(41-55)46-20-7-2-8-21-46/h2-44H,1H3. The van der Waals surface area contributed by atoms with Crippen molar-refractivity contribution >= 4 is 85.2 Å². The third-order valence-corrected chi connectivity index (χ3v) is 14.7. The van der Waals surface area contributed by atoms with Gasteiger partial charge in [0, 0.05) is 50.8 Å². The Balaban J connectivity index is 1.12. The van der Waals surface area contributed by atoms with Crippen LogP contribution >= 0.6 is 0 Å². The fourth-order valence-corrected chi connectivity index (χ4v) is 11.5. The summed E-state index contributed by atoms with van der Waals surface area (Å²) < 4.78 is 7.01. The van der Waals surface area contributed by atoms with E-state index in [9.17, 15) is 0 Å². The number of furan rings is 1. The Labute approximate surface area is 420 Å². The molecule has 2 aliphatic heterocycles. The highest BCUT2D eigenvalue weighted by Gasteiger charge is 2.47. The fraction of sp³-hybridized carbons (Fsp3) is 0.0149. The van der Waals surface area contributed by atoms with Crippen LogP contribution in [0.3, 0.4) is 0 Å². The predicted molar refractivity (Wildman–Crippen MR) is 303 cm³/mol. The number of aryl methyl sites for hydroxylation is 1. The van der Waals surface area contributed by atoms with Crippen LogP contribution in [0, 0.1) is 6.92 Å². The van der Waals surface area contributed by atoms with Gasteiger partial charge in [0.2, 0.25) is 0 Å². The molecule has 0 saturated heterocycles. The molecule has 4 nitrogen and oxygen atoms in total. The van der Waals surface area contributed by atoms with Gasteiger partial charge in [-0.25, -0.2) is 0 Å². The topological polar surface area (TPSA) is 22.9 Å². The van der Waals surface area contributed by atoms with E-state index in [-0.39, 0.29) is 6.85 Å². The van der Waals surface area contributed by atoms with Crippen molar-refractivity contribution in [1.29, 1.82) is 0 Å². The van der Waals surface area contributed by atoms with Crippen LogP contribution in [0.5, 0.6) is 0 Å². The maximum atomic E-state index is 7.01. The highest BCUT2D eigenvalue weighted by molar-refractivity contribution is 6.94. The summed E-state index contributed by atoms with van der Waals surface area (Å²) in [4.78, 5) is 7.57. The number of para-hydroxylation sites is 3. The number of nitrogens with zero attached hydrogens (tertiary/aromatic N) is 3. The van der Waals surface area contributed by atoms with E-state index < -0.39 is 0 Å². The molecule has 11 aromatic carbocycles. The average molecular weight is 920 g/mol. The largest absolute Gasteiger partial charge is 0.456 e. The number of fused-ring (bicyclic) bond motifs is 8. The number of hydrogen-bond acceptors (Lipinski definition) is 4. The van der Waals surface area contributed by atoms with E-state index in [4.69, 9.17) is 4.42 Å². The van der Waals surface area contributed by atoms with Crippen molar-refractivity contribution in [3.63, 3.8) is 0 Å². The molecule has 0 saturated carbocycles. The Hall–Kier alpha value is -9.32. The molecule has 2 aliphatic rings. The lowest BCUT2D eigenvalue weighted by Crippen LogP contribution is -2.61. The number of rotatable bonds is 8. The zero-order chi connectivity index (χ0) is 47.7. The first-order valence-corrected chi connectivity index (χ1v) is 24.8. The van der Waals surface area contributed by atoms with Gasteiger partial charge in [0.15, 0.2) is 0 Å². The fourth-order valence-electron chi connectivity index (χ4n) is 11.5. The van der Waals surface area contributed by atoms with E-state index in [1.165, 1.54) is 38.7 Å². The van der Waals surface area contributed by atoms with Crippen molar-refractivity contribution in [1.82, 2.24) is 0 Å². The van der Waals surface area contributed by atoms with E-state index in [0.717, 1.165) is 89.7 Å². The van der Waals surface area contributed by atoms with E-state index in [1.807, 2.05) is 0 Å². The second-order valence-electron chi connectivity index (χ2n) is 18.9. The van der Waals surface area contributed by atoms with Crippen LogP contribution in [0.1, 0.15) is 5.56 Å².